The zero-order chi connectivity index (χ0) is 22.6. The van der Waals surface area contributed by atoms with Crippen LogP contribution >= 0.6 is 0 Å². The Labute approximate surface area is 183 Å². The summed E-state index contributed by atoms with van der Waals surface area (Å²) in [6.45, 7) is 2.73. The minimum atomic E-state index is -1.08. The molecule has 0 radical (unpaired) electrons. The van der Waals surface area contributed by atoms with E-state index in [2.05, 4.69) is 17.6 Å². The van der Waals surface area contributed by atoms with Gasteiger partial charge in [0.05, 0.1) is 25.4 Å². The molecule has 178 valence electrons. The fourth-order valence-corrected chi connectivity index (χ4v) is 3.37. The molecule has 3 atom stereocenters. The van der Waals surface area contributed by atoms with E-state index in [9.17, 15) is 19.8 Å². The smallest absolute Gasteiger partial charge is 0.245 e. The van der Waals surface area contributed by atoms with Crippen molar-refractivity contribution >= 4 is 11.8 Å². The summed E-state index contributed by atoms with van der Waals surface area (Å²) in [6.07, 6.45) is 15.4. The Hall–Kier alpha value is -1.18. The number of carbonyl (C=O) groups excluding carboxylic acids is 2. The molecule has 0 aromatic rings. The Morgan fingerprint density at radius 3 is 1.60 bits per heavy atom. The van der Waals surface area contributed by atoms with Crippen molar-refractivity contribution in [3.05, 3.63) is 0 Å². The predicted octanol–water partition coefficient (Wildman–Crippen LogP) is 2.80. The highest BCUT2D eigenvalue weighted by atomic mass is 16.3. The maximum absolute atomic E-state index is 12.1. The summed E-state index contributed by atoms with van der Waals surface area (Å²) in [5.41, 5.74) is 0. The molecule has 0 fully saturated rings. The number of carbonyl (C=O) groups is 2. The molecule has 0 aliphatic carbocycles. The number of aliphatic hydroxyl groups excluding tert-OH is 3. The summed E-state index contributed by atoms with van der Waals surface area (Å²) < 4.78 is 0. The monoisotopic (exact) mass is 430 g/mol. The quantitative estimate of drug-likeness (QED) is 0.190. The first kappa shape index (κ1) is 28.8. The van der Waals surface area contributed by atoms with Crippen LogP contribution in [-0.2, 0) is 9.59 Å². The molecule has 7 nitrogen and oxygen atoms in total. The van der Waals surface area contributed by atoms with Gasteiger partial charge in [-0.1, -0.05) is 84.0 Å². The minimum absolute atomic E-state index is 0.273. The lowest BCUT2D eigenvalue weighted by atomic mass is 10.0. The number of amides is 2. The number of aliphatic hydroxyl groups is 3. The van der Waals surface area contributed by atoms with Crippen LogP contribution in [-0.4, -0.2) is 58.5 Å². The number of nitrogens with one attached hydrogen (secondary N) is 2. The SMILES string of the molecule is CCCCCCCCCCCCCCCC(=O)N[C@@H](CO)C(=O)N[C@@H](CO)C(C)O. The van der Waals surface area contributed by atoms with Crippen molar-refractivity contribution in [1.82, 2.24) is 10.6 Å². The molecule has 0 rings (SSSR count). The molecular weight excluding hydrogens is 384 g/mol. The molecule has 2 amide bonds. The average Bonchev–Trinajstić information content (AvgIpc) is 2.73. The van der Waals surface area contributed by atoms with Crippen molar-refractivity contribution in [1.29, 1.82) is 0 Å². The van der Waals surface area contributed by atoms with Gasteiger partial charge in [-0.15, -0.1) is 0 Å². The Morgan fingerprint density at radius 1 is 0.733 bits per heavy atom. The van der Waals surface area contributed by atoms with Crippen molar-refractivity contribution in [3.8, 4) is 0 Å². The molecule has 5 N–H and O–H groups in total. The summed E-state index contributed by atoms with van der Waals surface area (Å²) in [6, 6.07) is -1.91. The highest BCUT2D eigenvalue weighted by Crippen LogP contribution is 2.13. The molecule has 30 heavy (non-hydrogen) atoms. The predicted molar refractivity (Wildman–Crippen MR) is 120 cm³/mol. The van der Waals surface area contributed by atoms with Gasteiger partial charge in [-0.05, 0) is 13.3 Å². The van der Waals surface area contributed by atoms with E-state index in [4.69, 9.17) is 5.11 Å². The third-order valence-electron chi connectivity index (χ3n) is 5.45. The molecule has 0 aromatic heterocycles. The summed E-state index contributed by atoms with van der Waals surface area (Å²) >= 11 is 0. The molecule has 1 unspecified atom stereocenters. The maximum atomic E-state index is 12.1. The van der Waals surface area contributed by atoms with Crippen LogP contribution in [0, 0.1) is 0 Å². The third kappa shape index (κ3) is 15.6. The first-order chi connectivity index (χ1) is 14.5. The standard InChI is InChI=1S/C23H46N2O5/c1-3-4-5-6-7-8-9-10-11-12-13-14-15-16-22(29)24-21(18-27)23(30)25-20(17-26)19(2)28/h19-21,26-28H,3-18H2,1-2H3,(H,24,29)(H,25,30)/t19?,20-,21-/m0/s1. The molecule has 0 saturated carbocycles. The van der Waals surface area contributed by atoms with Crippen molar-refractivity contribution in [2.75, 3.05) is 13.2 Å². The number of hydrogen-bond acceptors (Lipinski definition) is 5. The molecule has 0 bridgehead atoms. The van der Waals surface area contributed by atoms with E-state index >= 15 is 0 Å². The Kier molecular flexibility index (Phi) is 19.0. The minimum Gasteiger partial charge on any atom is -0.394 e. The molecule has 0 aliphatic heterocycles. The summed E-state index contributed by atoms with van der Waals surface area (Å²) in [7, 11) is 0. The third-order valence-corrected chi connectivity index (χ3v) is 5.45. The number of rotatable bonds is 20. The van der Waals surface area contributed by atoms with E-state index in [0.29, 0.717) is 6.42 Å². The molecule has 7 heteroatoms. The topological polar surface area (TPSA) is 119 Å². The van der Waals surface area contributed by atoms with E-state index in [1.54, 1.807) is 0 Å². The maximum Gasteiger partial charge on any atom is 0.245 e. The van der Waals surface area contributed by atoms with E-state index in [1.807, 2.05) is 0 Å². The van der Waals surface area contributed by atoms with Crippen LogP contribution in [0.2, 0.25) is 0 Å². The van der Waals surface area contributed by atoms with Gasteiger partial charge in [0.25, 0.3) is 0 Å². The summed E-state index contributed by atoms with van der Waals surface area (Å²) in [5.74, 6) is -0.888. The summed E-state index contributed by atoms with van der Waals surface area (Å²) in [4.78, 5) is 24.1. The van der Waals surface area contributed by atoms with Gasteiger partial charge in [-0.2, -0.15) is 0 Å². The molecule has 0 saturated heterocycles. The van der Waals surface area contributed by atoms with Crippen molar-refractivity contribution in [3.63, 3.8) is 0 Å². The van der Waals surface area contributed by atoms with Crippen molar-refractivity contribution in [2.24, 2.45) is 0 Å². The zero-order valence-electron chi connectivity index (χ0n) is 19.2. The van der Waals surface area contributed by atoms with Crippen molar-refractivity contribution in [2.45, 2.75) is 122 Å². The van der Waals surface area contributed by atoms with Gasteiger partial charge >= 0.3 is 0 Å². The van der Waals surface area contributed by atoms with Crippen LogP contribution in [0.4, 0.5) is 0 Å². The van der Waals surface area contributed by atoms with Crippen LogP contribution in [0.25, 0.3) is 0 Å². The van der Waals surface area contributed by atoms with Gasteiger partial charge in [0.2, 0.25) is 11.8 Å². The zero-order valence-corrected chi connectivity index (χ0v) is 19.2. The normalized spacial score (nSPS) is 14.2. The van der Waals surface area contributed by atoms with Crippen LogP contribution in [0.5, 0.6) is 0 Å². The lowest BCUT2D eigenvalue weighted by Gasteiger charge is -2.22. The van der Waals surface area contributed by atoms with Crippen molar-refractivity contribution < 1.29 is 24.9 Å². The highest BCUT2D eigenvalue weighted by molar-refractivity contribution is 5.87. The molecule has 0 heterocycles. The van der Waals surface area contributed by atoms with Gasteiger partial charge in [0.1, 0.15) is 6.04 Å². The second kappa shape index (κ2) is 19.8. The first-order valence-electron chi connectivity index (χ1n) is 12.0. The van der Waals surface area contributed by atoms with E-state index < -0.39 is 37.3 Å². The van der Waals surface area contributed by atoms with Crippen LogP contribution < -0.4 is 10.6 Å². The lowest BCUT2D eigenvalue weighted by Crippen LogP contribution is -2.54. The fourth-order valence-electron chi connectivity index (χ4n) is 3.37. The van der Waals surface area contributed by atoms with E-state index in [-0.39, 0.29) is 5.91 Å². The Balaban J connectivity index is 3.72. The summed E-state index contributed by atoms with van der Waals surface area (Å²) in [5, 5.41) is 32.9. The fraction of sp³-hybridized carbons (Fsp3) is 0.913. The molecule has 0 aliphatic rings. The molecule has 0 aromatic carbocycles. The largest absolute Gasteiger partial charge is 0.394 e. The second-order valence-corrected chi connectivity index (χ2v) is 8.33. The average molecular weight is 431 g/mol. The van der Waals surface area contributed by atoms with E-state index in [1.165, 1.54) is 71.1 Å². The second-order valence-electron chi connectivity index (χ2n) is 8.33. The number of hydrogen-bond donors (Lipinski definition) is 5. The van der Waals surface area contributed by atoms with Gasteiger partial charge in [-0.3, -0.25) is 9.59 Å². The molecular formula is C23H46N2O5. The Morgan fingerprint density at radius 2 is 1.20 bits per heavy atom. The van der Waals surface area contributed by atoms with Gasteiger partial charge in [0, 0.05) is 6.42 Å². The van der Waals surface area contributed by atoms with Gasteiger partial charge in [0.15, 0.2) is 0 Å². The van der Waals surface area contributed by atoms with E-state index in [0.717, 1.165) is 19.3 Å². The van der Waals surface area contributed by atoms with Crippen LogP contribution in [0.3, 0.4) is 0 Å². The highest BCUT2D eigenvalue weighted by Gasteiger charge is 2.24. The first-order valence-corrected chi connectivity index (χ1v) is 12.0. The van der Waals surface area contributed by atoms with Gasteiger partial charge in [-0.25, -0.2) is 0 Å². The van der Waals surface area contributed by atoms with Gasteiger partial charge < -0.3 is 26.0 Å². The van der Waals surface area contributed by atoms with Crippen LogP contribution in [0.15, 0.2) is 0 Å². The number of unbranched alkanes of at least 4 members (excludes halogenated alkanes) is 12. The van der Waals surface area contributed by atoms with Crippen LogP contribution in [0.1, 0.15) is 104 Å². The lowest BCUT2D eigenvalue weighted by molar-refractivity contribution is -0.131. The Bertz CT molecular complexity index is 432. The molecule has 0 spiro atoms.